The third kappa shape index (κ3) is 4.74. The van der Waals surface area contributed by atoms with Gasteiger partial charge in [-0.2, -0.15) is 0 Å². The number of piperazine rings is 1. The average Bonchev–Trinajstić information content (AvgIpc) is 3.02. The normalized spacial score (nSPS) is 20.5. The molecule has 0 atom stereocenters. The van der Waals surface area contributed by atoms with Crippen LogP contribution >= 0.6 is 0 Å². The SMILES string of the molecule is COc1ccc(N2CC[NH+](CN3C(=O)C(=O)N(CCC4=CCCCC4)C3=O)CC2)cc1. The van der Waals surface area contributed by atoms with Gasteiger partial charge in [-0.1, -0.05) is 11.6 Å². The average molecular weight is 428 g/mol. The molecule has 8 nitrogen and oxygen atoms in total. The van der Waals surface area contributed by atoms with Gasteiger partial charge in [-0.15, -0.1) is 0 Å². The van der Waals surface area contributed by atoms with Crippen LogP contribution in [0.15, 0.2) is 35.9 Å². The van der Waals surface area contributed by atoms with E-state index in [1.54, 1.807) is 7.11 Å². The number of hydrogen-bond donors (Lipinski definition) is 1. The third-order valence-electron chi connectivity index (χ3n) is 6.47. The molecule has 3 aliphatic rings. The van der Waals surface area contributed by atoms with Crippen molar-refractivity contribution < 1.29 is 24.0 Å². The van der Waals surface area contributed by atoms with Crippen LogP contribution in [0.25, 0.3) is 0 Å². The van der Waals surface area contributed by atoms with Crippen LogP contribution in [-0.2, 0) is 9.59 Å². The van der Waals surface area contributed by atoms with Gasteiger partial charge in [0.15, 0.2) is 6.67 Å². The van der Waals surface area contributed by atoms with E-state index in [9.17, 15) is 14.4 Å². The van der Waals surface area contributed by atoms with E-state index in [-0.39, 0.29) is 6.67 Å². The highest BCUT2D eigenvalue weighted by Gasteiger charge is 2.46. The molecule has 0 spiro atoms. The van der Waals surface area contributed by atoms with Crippen molar-refractivity contribution in [3.05, 3.63) is 35.9 Å². The highest BCUT2D eigenvalue weighted by molar-refractivity contribution is 6.44. The first kappa shape index (κ1) is 21.4. The summed E-state index contributed by atoms with van der Waals surface area (Å²) in [5, 5.41) is 0. The minimum absolute atomic E-state index is 0.249. The Morgan fingerprint density at radius 3 is 2.32 bits per heavy atom. The summed E-state index contributed by atoms with van der Waals surface area (Å²) in [7, 11) is 1.65. The standard InChI is InChI=1S/C23H30N4O4/c1-31-20-9-7-19(8-10-20)25-15-13-24(14-16-25)17-27-22(29)21(28)26(23(27)30)12-11-18-5-3-2-4-6-18/h5,7-10H,2-4,6,11-17H2,1H3/p+1. The number of carbonyl (C=O) groups excluding carboxylic acids is 3. The maximum atomic E-state index is 12.8. The molecule has 2 aliphatic heterocycles. The molecule has 31 heavy (non-hydrogen) atoms. The van der Waals surface area contributed by atoms with Crippen molar-refractivity contribution in [1.82, 2.24) is 9.80 Å². The smallest absolute Gasteiger partial charge is 0.338 e. The molecule has 0 unspecified atom stereocenters. The van der Waals surface area contributed by atoms with Crippen molar-refractivity contribution in [1.29, 1.82) is 0 Å². The lowest BCUT2D eigenvalue weighted by atomic mass is 9.97. The molecule has 0 saturated carbocycles. The summed E-state index contributed by atoms with van der Waals surface area (Å²) in [4.78, 5) is 43.3. The van der Waals surface area contributed by atoms with Crippen molar-refractivity contribution in [3.8, 4) is 5.75 Å². The molecular weight excluding hydrogens is 396 g/mol. The summed E-state index contributed by atoms with van der Waals surface area (Å²) < 4.78 is 5.21. The van der Waals surface area contributed by atoms with Crippen LogP contribution in [0.3, 0.4) is 0 Å². The molecule has 0 aromatic heterocycles. The van der Waals surface area contributed by atoms with Gasteiger partial charge in [0.25, 0.3) is 0 Å². The first-order chi connectivity index (χ1) is 15.1. The second-order valence-corrected chi connectivity index (χ2v) is 8.42. The number of urea groups is 1. The van der Waals surface area contributed by atoms with Crippen LogP contribution in [0.4, 0.5) is 10.5 Å². The molecule has 4 amide bonds. The van der Waals surface area contributed by atoms with Gasteiger partial charge < -0.3 is 14.5 Å². The molecule has 2 heterocycles. The van der Waals surface area contributed by atoms with Gasteiger partial charge in [-0.05, 0) is 56.4 Å². The van der Waals surface area contributed by atoms with E-state index in [1.165, 1.54) is 12.0 Å². The molecule has 1 aromatic rings. The molecule has 1 aliphatic carbocycles. The number of anilines is 1. The summed E-state index contributed by atoms with van der Waals surface area (Å²) in [5.41, 5.74) is 2.42. The van der Waals surface area contributed by atoms with Crippen LogP contribution in [0.2, 0.25) is 0 Å². The topological polar surface area (TPSA) is 74.6 Å². The Bertz CT molecular complexity index is 859. The molecule has 4 rings (SSSR count). The number of carbonyl (C=O) groups is 3. The van der Waals surface area contributed by atoms with E-state index in [2.05, 4.69) is 11.0 Å². The van der Waals surface area contributed by atoms with Crippen LogP contribution in [0.1, 0.15) is 32.1 Å². The lowest BCUT2D eigenvalue weighted by molar-refractivity contribution is -0.907. The molecule has 166 valence electrons. The largest absolute Gasteiger partial charge is 0.497 e. The Kier molecular flexibility index (Phi) is 6.56. The van der Waals surface area contributed by atoms with E-state index in [0.29, 0.717) is 13.0 Å². The fourth-order valence-corrected chi connectivity index (χ4v) is 4.53. The number of ether oxygens (including phenoxy) is 1. The van der Waals surface area contributed by atoms with Crippen molar-refractivity contribution in [2.75, 3.05) is 51.4 Å². The molecule has 1 aromatic carbocycles. The first-order valence-corrected chi connectivity index (χ1v) is 11.1. The second kappa shape index (κ2) is 9.51. The zero-order valence-electron chi connectivity index (χ0n) is 18.1. The zero-order valence-corrected chi connectivity index (χ0v) is 18.1. The van der Waals surface area contributed by atoms with Crippen LogP contribution in [0.5, 0.6) is 5.75 Å². The minimum Gasteiger partial charge on any atom is -0.497 e. The van der Waals surface area contributed by atoms with Gasteiger partial charge in [0.1, 0.15) is 5.75 Å². The Morgan fingerprint density at radius 1 is 0.968 bits per heavy atom. The van der Waals surface area contributed by atoms with Crippen LogP contribution < -0.4 is 14.5 Å². The number of amides is 4. The zero-order chi connectivity index (χ0) is 21.8. The predicted octanol–water partition coefficient (Wildman–Crippen LogP) is 1.04. The molecule has 0 radical (unpaired) electrons. The van der Waals surface area contributed by atoms with Crippen molar-refractivity contribution in [2.24, 2.45) is 0 Å². The van der Waals surface area contributed by atoms with Crippen molar-refractivity contribution in [3.63, 3.8) is 0 Å². The molecule has 0 bridgehead atoms. The van der Waals surface area contributed by atoms with Crippen LogP contribution in [0, 0.1) is 0 Å². The van der Waals surface area contributed by atoms with E-state index in [0.717, 1.165) is 71.6 Å². The second-order valence-electron chi connectivity index (χ2n) is 8.42. The van der Waals surface area contributed by atoms with Gasteiger partial charge in [-0.3, -0.25) is 14.5 Å². The number of quaternary nitrogens is 1. The number of methoxy groups -OCH3 is 1. The van der Waals surface area contributed by atoms with E-state index in [1.807, 2.05) is 24.3 Å². The molecule has 1 N–H and O–H groups in total. The highest BCUT2D eigenvalue weighted by atomic mass is 16.5. The lowest BCUT2D eigenvalue weighted by Crippen LogP contribution is -3.16. The molecular formula is C23H31N4O4+. The summed E-state index contributed by atoms with van der Waals surface area (Å²) in [6.45, 7) is 3.78. The van der Waals surface area contributed by atoms with E-state index < -0.39 is 17.8 Å². The first-order valence-electron chi connectivity index (χ1n) is 11.1. The van der Waals surface area contributed by atoms with E-state index in [4.69, 9.17) is 4.74 Å². The van der Waals surface area contributed by atoms with Gasteiger partial charge in [0.2, 0.25) is 0 Å². The van der Waals surface area contributed by atoms with Gasteiger partial charge in [0.05, 0.1) is 33.3 Å². The number of nitrogens with zero attached hydrogens (tertiary/aromatic N) is 3. The number of hydrogen-bond acceptors (Lipinski definition) is 5. The lowest BCUT2D eigenvalue weighted by Gasteiger charge is -2.34. The Morgan fingerprint density at radius 2 is 1.68 bits per heavy atom. The summed E-state index contributed by atoms with van der Waals surface area (Å²) in [6.07, 6.45) is 7.33. The Hall–Kier alpha value is -2.87. The van der Waals surface area contributed by atoms with E-state index >= 15 is 0 Å². The summed E-state index contributed by atoms with van der Waals surface area (Å²) in [5.74, 6) is -0.543. The number of allylic oxidation sites excluding steroid dienone is 1. The van der Waals surface area contributed by atoms with Gasteiger partial charge in [0, 0.05) is 12.2 Å². The Balaban J connectivity index is 1.29. The van der Waals surface area contributed by atoms with Gasteiger partial charge >= 0.3 is 17.8 Å². The monoisotopic (exact) mass is 427 g/mol. The molecule has 2 fully saturated rings. The number of imide groups is 2. The maximum Gasteiger partial charge on any atom is 0.338 e. The number of nitrogens with one attached hydrogen (secondary N) is 1. The van der Waals surface area contributed by atoms with Crippen molar-refractivity contribution >= 4 is 23.5 Å². The molecule has 8 heteroatoms. The number of rotatable bonds is 7. The predicted molar refractivity (Wildman–Crippen MR) is 116 cm³/mol. The highest BCUT2D eigenvalue weighted by Crippen LogP contribution is 2.22. The quantitative estimate of drug-likeness (QED) is 0.400. The summed E-state index contributed by atoms with van der Waals surface area (Å²) in [6, 6.07) is 7.50. The number of benzene rings is 1. The fraction of sp³-hybridized carbons (Fsp3) is 0.522. The third-order valence-corrected chi connectivity index (χ3v) is 6.47. The fourth-order valence-electron chi connectivity index (χ4n) is 4.53. The Labute approximate surface area is 183 Å². The molecule has 2 saturated heterocycles. The van der Waals surface area contributed by atoms with Crippen molar-refractivity contribution in [2.45, 2.75) is 32.1 Å². The van der Waals surface area contributed by atoms with Gasteiger partial charge in [-0.25, -0.2) is 9.69 Å². The minimum atomic E-state index is -0.687. The summed E-state index contributed by atoms with van der Waals surface area (Å²) >= 11 is 0. The van der Waals surface area contributed by atoms with Crippen LogP contribution in [-0.4, -0.2) is 74.1 Å². The maximum absolute atomic E-state index is 12.8.